The maximum absolute atomic E-state index is 12.4. The van der Waals surface area contributed by atoms with Gasteiger partial charge in [0, 0.05) is 0 Å². The van der Waals surface area contributed by atoms with Gasteiger partial charge in [-0.2, -0.15) is 26.0 Å². The second-order valence-electron chi connectivity index (χ2n) is 2.58. The van der Waals surface area contributed by atoms with Crippen LogP contribution < -0.4 is 0 Å². The van der Waals surface area contributed by atoms with Crippen LogP contribution in [0.25, 0.3) is 0 Å². The highest BCUT2D eigenvalue weighted by Gasteiger charge is 2.68. The third-order valence-electron chi connectivity index (χ3n) is 1.33. The fourth-order valence-electron chi connectivity index (χ4n) is 0.588. The van der Waals surface area contributed by atoms with E-state index in [-0.39, 0.29) is 0 Å². The van der Waals surface area contributed by atoms with Crippen molar-refractivity contribution >= 4 is 33.3 Å². The Bertz CT molecular complexity index is 318. The van der Waals surface area contributed by atoms with E-state index >= 15 is 0 Å². The van der Waals surface area contributed by atoms with Crippen LogP contribution in [0.4, 0.5) is 17.6 Å². The van der Waals surface area contributed by atoms with Crippen molar-refractivity contribution in [2.45, 2.75) is 16.4 Å². The molecule has 0 aromatic heterocycles. The minimum Gasteiger partial charge on any atom is -0.375 e. The van der Waals surface area contributed by atoms with Gasteiger partial charge in [-0.3, -0.25) is 4.55 Å². The van der Waals surface area contributed by atoms with E-state index in [9.17, 15) is 26.0 Å². The Morgan fingerprint density at radius 1 is 1.07 bits per heavy atom. The van der Waals surface area contributed by atoms with E-state index in [1.165, 1.54) is 0 Å². The Balaban J connectivity index is 5.45. The number of rotatable bonds is 4. The Morgan fingerprint density at radius 3 is 1.40 bits per heavy atom. The predicted octanol–water partition coefficient (Wildman–Crippen LogP) is 1.27. The number of hydrogen-bond acceptors (Lipinski definition) is 3. The molecule has 0 saturated carbocycles. The summed E-state index contributed by atoms with van der Waals surface area (Å²) in [4.78, 5) is 0. The average molecular weight is 295 g/mol. The number of hydrogen-bond donors (Lipinski definition) is 2. The lowest BCUT2D eigenvalue weighted by molar-refractivity contribution is -0.204. The molecule has 0 radical (unpaired) electrons. The molecule has 0 amide bonds. The van der Waals surface area contributed by atoms with Gasteiger partial charge in [0.2, 0.25) is 5.60 Å². The summed E-state index contributed by atoms with van der Waals surface area (Å²) in [5.41, 5.74) is -4.61. The van der Waals surface area contributed by atoms with Gasteiger partial charge in [-0.05, 0) is 23.2 Å². The Kier molecular flexibility index (Phi) is 3.92. The molecule has 0 spiro atoms. The molecule has 2 N–H and O–H groups in total. The van der Waals surface area contributed by atoms with Crippen LogP contribution in [0.3, 0.4) is 0 Å². The quantitative estimate of drug-likeness (QED) is 0.465. The fourth-order valence-corrected chi connectivity index (χ4v) is 2.06. The van der Waals surface area contributed by atoms with Crippen molar-refractivity contribution in [2.24, 2.45) is 0 Å². The average Bonchev–Trinajstić information content (AvgIpc) is 1.77. The van der Waals surface area contributed by atoms with Crippen LogP contribution in [-0.4, -0.2) is 40.2 Å². The monoisotopic (exact) mass is 294 g/mol. The molecule has 0 aromatic rings. The van der Waals surface area contributed by atoms with Gasteiger partial charge in [0.15, 0.2) is 0 Å². The number of alkyl halides is 6. The summed E-state index contributed by atoms with van der Waals surface area (Å²) in [6.45, 7) is 0. The van der Waals surface area contributed by atoms with Crippen molar-refractivity contribution in [1.29, 1.82) is 0 Å². The molecule has 92 valence electrons. The van der Waals surface area contributed by atoms with Gasteiger partial charge in [-0.15, -0.1) is 0 Å². The van der Waals surface area contributed by atoms with E-state index in [4.69, 9.17) is 9.66 Å². The number of aliphatic hydroxyl groups is 1. The predicted molar refractivity (Wildman–Crippen MR) is 43.0 cm³/mol. The van der Waals surface area contributed by atoms with E-state index in [1.807, 2.05) is 0 Å². The van der Waals surface area contributed by atoms with Crippen LogP contribution >= 0.6 is 23.2 Å². The largest absolute Gasteiger partial charge is 0.375 e. The van der Waals surface area contributed by atoms with Gasteiger partial charge < -0.3 is 5.11 Å². The first-order chi connectivity index (χ1) is 6.21. The van der Waals surface area contributed by atoms with Crippen LogP contribution in [-0.2, 0) is 10.1 Å². The molecule has 0 bridgehead atoms. The van der Waals surface area contributed by atoms with E-state index < -0.39 is 32.2 Å². The van der Waals surface area contributed by atoms with Crippen molar-refractivity contribution in [3.63, 3.8) is 0 Å². The molecule has 15 heavy (non-hydrogen) atoms. The molecule has 11 heteroatoms. The summed E-state index contributed by atoms with van der Waals surface area (Å²) in [5, 5.41) is -1.38. The van der Waals surface area contributed by atoms with E-state index in [0.29, 0.717) is 0 Å². The summed E-state index contributed by atoms with van der Waals surface area (Å²) in [6.07, 6.45) is 0. The topological polar surface area (TPSA) is 74.6 Å². The van der Waals surface area contributed by atoms with E-state index in [0.717, 1.165) is 0 Å². The highest BCUT2D eigenvalue weighted by Crippen LogP contribution is 2.46. The molecule has 4 nitrogen and oxygen atoms in total. The molecule has 0 aromatic carbocycles. The first-order valence-electron chi connectivity index (χ1n) is 3.02. The molecule has 0 rings (SSSR count). The van der Waals surface area contributed by atoms with Crippen LogP contribution in [0.15, 0.2) is 0 Å². The van der Waals surface area contributed by atoms with Crippen molar-refractivity contribution < 1.29 is 35.6 Å². The summed E-state index contributed by atoms with van der Waals surface area (Å²) < 4.78 is 77.9. The summed E-state index contributed by atoms with van der Waals surface area (Å²) in [7, 11) is -5.33. The molecule has 0 unspecified atom stereocenters. The highest BCUT2D eigenvalue weighted by molar-refractivity contribution is 7.85. The van der Waals surface area contributed by atoms with Crippen LogP contribution in [0, 0.1) is 0 Å². The Hall–Kier alpha value is 0.170. The lowest BCUT2D eigenvalue weighted by atomic mass is 10.1. The van der Waals surface area contributed by atoms with Gasteiger partial charge in [-0.1, -0.05) is 0 Å². The first-order valence-corrected chi connectivity index (χ1v) is 5.38. The lowest BCUT2D eigenvalue weighted by Crippen LogP contribution is -2.59. The highest BCUT2D eigenvalue weighted by atomic mass is 35.5. The van der Waals surface area contributed by atoms with E-state index in [1.54, 1.807) is 0 Å². The lowest BCUT2D eigenvalue weighted by Gasteiger charge is -2.33. The van der Waals surface area contributed by atoms with Gasteiger partial charge in [0.05, 0.1) is 0 Å². The van der Waals surface area contributed by atoms with Crippen LogP contribution in [0.2, 0.25) is 0 Å². The summed E-state index contributed by atoms with van der Waals surface area (Å²) >= 11 is 8.22. The molecule has 0 aliphatic carbocycles. The second-order valence-corrected chi connectivity index (χ2v) is 4.98. The first kappa shape index (κ1) is 15.2. The minimum absolute atomic E-state index is 2.41. The van der Waals surface area contributed by atoms with E-state index in [2.05, 4.69) is 23.2 Å². The summed E-state index contributed by atoms with van der Waals surface area (Å²) in [6, 6.07) is 0. The normalized spacial score (nSPS) is 15.5. The maximum atomic E-state index is 12.4. The van der Waals surface area contributed by atoms with Crippen molar-refractivity contribution in [3.8, 4) is 0 Å². The zero-order valence-electron chi connectivity index (χ0n) is 6.59. The van der Waals surface area contributed by atoms with Crippen LogP contribution in [0.5, 0.6) is 0 Å². The third kappa shape index (κ3) is 3.59. The fraction of sp³-hybridized carbons (Fsp3) is 1.00. The molecule has 0 fully saturated rings. The summed E-state index contributed by atoms with van der Waals surface area (Å²) in [5.74, 6) is -2.41. The number of halogens is 6. The molecule has 0 atom stereocenters. The molecule has 0 aliphatic rings. The van der Waals surface area contributed by atoms with Gasteiger partial charge in [0.1, 0.15) is 5.75 Å². The Labute approximate surface area is 91.5 Å². The molecule has 0 heterocycles. The zero-order chi connectivity index (χ0) is 12.7. The minimum atomic E-state index is -5.33. The standard InChI is InChI=1S/C4H4Cl2F4O4S/c5-3(7,8)2(11,4(6,9)10)1-15(12,13)14/h11H,1H2,(H,12,13,14). The Morgan fingerprint density at radius 2 is 1.33 bits per heavy atom. The van der Waals surface area contributed by atoms with Crippen molar-refractivity contribution in [1.82, 2.24) is 0 Å². The molecule has 0 aliphatic heterocycles. The van der Waals surface area contributed by atoms with Gasteiger partial charge in [-0.25, -0.2) is 0 Å². The van der Waals surface area contributed by atoms with Crippen LogP contribution in [0.1, 0.15) is 0 Å². The molecular weight excluding hydrogens is 291 g/mol. The molecule has 0 saturated heterocycles. The van der Waals surface area contributed by atoms with Crippen molar-refractivity contribution in [3.05, 3.63) is 0 Å². The SMILES string of the molecule is O=S(=O)(O)CC(O)(C(F)(F)Cl)C(F)(F)Cl. The smallest absolute Gasteiger partial charge is 0.358 e. The van der Waals surface area contributed by atoms with Gasteiger partial charge in [0.25, 0.3) is 10.1 Å². The van der Waals surface area contributed by atoms with Gasteiger partial charge >= 0.3 is 10.8 Å². The van der Waals surface area contributed by atoms with Crippen molar-refractivity contribution in [2.75, 3.05) is 5.75 Å². The third-order valence-corrected chi connectivity index (χ3v) is 2.74. The molecular formula is C4H4Cl2F4O4S. The second kappa shape index (κ2) is 3.88. The zero-order valence-corrected chi connectivity index (χ0v) is 8.92. The maximum Gasteiger partial charge on any atom is 0.358 e.